The number of alkyl halides is 4. The Morgan fingerprint density at radius 2 is 1.47 bits per heavy atom. The Morgan fingerprint density at radius 3 is 2.07 bits per heavy atom. The number of fused-ring (bicyclic) bond motifs is 2. The normalized spacial score (nSPS) is 21.2. The standard InChI is InChI=1S/C40H44F4N6O8/c1-19(2)24(12-33(51)55-5)36(52)49-17-39(41,42)13-27(49)25-7-23(15-45-25)31-10-21-8-30-22(9-29(21)57-31)11-32(58-30)26-16-46-35(47-26)28-14-40(43,44)18-50(28)37(53)34(20(3)4)48-38(54)56-6/h8-11,15-16,19-20,24,27-28,34H,7,12-14,17-18H2,1-6H3,(H,46,47)(H,48,54)/t24?,27-,28-,34-/m0/s1. The van der Waals surface area contributed by atoms with Crippen LogP contribution < -0.4 is 5.32 Å². The third-order valence-electron chi connectivity index (χ3n) is 11.0. The van der Waals surface area contributed by atoms with Gasteiger partial charge in [-0.15, -0.1) is 0 Å². The van der Waals surface area contributed by atoms with E-state index in [2.05, 4.69) is 25.0 Å². The number of imidazole rings is 1. The molecule has 3 aliphatic rings. The first-order valence-corrected chi connectivity index (χ1v) is 18.9. The second kappa shape index (κ2) is 15.2. The van der Waals surface area contributed by atoms with E-state index in [1.807, 2.05) is 0 Å². The Labute approximate surface area is 330 Å². The highest BCUT2D eigenvalue weighted by molar-refractivity contribution is 6.04. The molecular weight excluding hydrogens is 768 g/mol. The second-order valence-electron chi connectivity index (χ2n) is 15.9. The maximum absolute atomic E-state index is 14.8. The van der Waals surface area contributed by atoms with Gasteiger partial charge in [0.25, 0.3) is 11.8 Å². The van der Waals surface area contributed by atoms with Crippen molar-refractivity contribution in [1.29, 1.82) is 0 Å². The van der Waals surface area contributed by atoms with Crippen LogP contribution in [0.5, 0.6) is 0 Å². The fraction of sp³-hybridized carbons (Fsp3) is 0.500. The molecule has 7 rings (SSSR count). The Kier molecular flexibility index (Phi) is 10.7. The largest absolute Gasteiger partial charge is 0.469 e. The smallest absolute Gasteiger partial charge is 0.407 e. The van der Waals surface area contributed by atoms with Crippen molar-refractivity contribution in [3.8, 4) is 11.5 Å². The minimum Gasteiger partial charge on any atom is -0.469 e. The number of benzene rings is 1. The van der Waals surface area contributed by atoms with Crippen molar-refractivity contribution in [3.05, 3.63) is 48.2 Å². The van der Waals surface area contributed by atoms with Gasteiger partial charge < -0.3 is 38.4 Å². The average molecular weight is 813 g/mol. The van der Waals surface area contributed by atoms with Gasteiger partial charge >= 0.3 is 12.1 Å². The first-order valence-electron chi connectivity index (χ1n) is 18.9. The maximum atomic E-state index is 14.8. The summed E-state index contributed by atoms with van der Waals surface area (Å²) in [5.41, 5.74) is 2.40. The van der Waals surface area contributed by atoms with E-state index in [0.717, 1.165) is 16.9 Å². The van der Waals surface area contributed by atoms with Crippen molar-refractivity contribution in [2.45, 2.75) is 83.3 Å². The zero-order chi connectivity index (χ0) is 41.8. The van der Waals surface area contributed by atoms with Crippen LogP contribution in [0.25, 0.3) is 39.0 Å². The van der Waals surface area contributed by atoms with Crippen LogP contribution in [0.2, 0.25) is 0 Å². The van der Waals surface area contributed by atoms with E-state index in [1.54, 1.807) is 58.2 Å². The Morgan fingerprint density at radius 1 is 0.862 bits per heavy atom. The van der Waals surface area contributed by atoms with Crippen LogP contribution in [0.4, 0.5) is 22.4 Å². The van der Waals surface area contributed by atoms with Gasteiger partial charge in [0.05, 0.1) is 57.9 Å². The molecule has 6 heterocycles. The Hall–Kier alpha value is -5.68. The van der Waals surface area contributed by atoms with E-state index in [4.69, 9.17) is 13.6 Å². The monoisotopic (exact) mass is 812 g/mol. The van der Waals surface area contributed by atoms with Crippen LogP contribution in [-0.2, 0) is 23.9 Å². The third kappa shape index (κ3) is 7.92. The molecule has 0 saturated carbocycles. The summed E-state index contributed by atoms with van der Waals surface area (Å²) >= 11 is 0. The zero-order valence-corrected chi connectivity index (χ0v) is 32.7. The molecule has 2 fully saturated rings. The highest BCUT2D eigenvalue weighted by atomic mass is 19.3. The summed E-state index contributed by atoms with van der Waals surface area (Å²) in [6.07, 6.45) is 0.822. The van der Waals surface area contributed by atoms with Crippen molar-refractivity contribution in [2.75, 3.05) is 27.3 Å². The van der Waals surface area contributed by atoms with Crippen LogP contribution in [0.3, 0.4) is 0 Å². The van der Waals surface area contributed by atoms with Crippen LogP contribution in [0, 0.1) is 17.8 Å². The number of alkyl carbamates (subject to hydrolysis) is 1. The van der Waals surface area contributed by atoms with E-state index in [0.29, 0.717) is 50.4 Å². The van der Waals surface area contributed by atoms with Gasteiger partial charge in [-0.25, -0.2) is 27.3 Å². The number of methoxy groups -OCH3 is 2. The van der Waals surface area contributed by atoms with Crippen molar-refractivity contribution in [2.24, 2.45) is 22.7 Å². The van der Waals surface area contributed by atoms with Gasteiger partial charge in [0.1, 0.15) is 34.5 Å². The zero-order valence-electron chi connectivity index (χ0n) is 32.7. The number of hydrogen-bond donors (Lipinski definition) is 2. The maximum Gasteiger partial charge on any atom is 0.407 e. The molecule has 2 saturated heterocycles. The third-order valence-corrected chi connectivity index (χ3v) is 11.0. The number of allylic oxidation sites excluding steroid dienone is 1. The molecule has 2 N–H and O–H groups in total. The summed E-state index contributed by atoms with van der Waals surface area (Å²) < 4.78 is 81.0. The molecule has 4 atom stereocenters. The molecule has 0 radical (unpaired) electrons. The molecule has 18 heteroatoms. The lowest BCUT2D eigenvalue weighted by molar-refractivity contribution is -0.148. The number of nitrogens with one attached hydrogen (secondary N) is 2. The van der Waals surface area contributed by atoms with Crippen LogP contribution >= 0.6 is 0 Å². The number of nitrogens with zero attached hydrogens (tertiary/aromatic N) is 4. The van der Waals surface area contributed by atoms with Crippen LogP contribution in [0.15, 0.2) is 50.5 Å². The van der Waals surface area contributed by atoms with Gasteiger partial charge in [0.15, 0.2) is 5.76 Å². The molecule has 4 aromatic rings. The van der Waals surface area contributed by atoms with E-state index < -0.39 is 91.6 Å². The number of aliphatic imine (C=N–C) groups is 1. The number of halogens is 4. The summed E-state index contributed by atoms with van der Waals surface area (Å²) in [6, 6.07) is 3.86. The van der Waals surface area contributed by atoms with Crippen molar-refractivity contribution >= 4 is 57.1 Å². The van der Waals surface area contributed by atoms with Crippen molar-refractivity contribution in [3.63, 3.8) is 0 Å². The van der Waals surface area contributed by atoms with Gasteiger partial charge in [-0.1, -0.05) is 27.7 Å². The first-order chi connectivity index (χ1) is 27.4. The molecule has 0 spiro atoms. The van der Waals surface area contributed by atoms with Crippen LogP contribution in [0.1, 0.15) is 71.0 Å². The van der Waals surface area contributed by atoms with Crippen molar-refractivity contribution in [1.82, 2.24) is 25.1 Å². The van der Waals surface area contributed by atoms with E-state index in [-0.39, 0.29) is 24.6 Å². The summed E-state index contributed by atoms with van der Waals surface area (Å²) in [5, 5.41) is 3.78. The minimum absolute atomic E-state index is 0.126. The van der Waals surface area contributed by atoms with E-state index in [1.165, 1.54) is 13.3 Å². The lowest BCUT2D eigenvalue weighted by atomic mass is 9.90. The SMILES string of the molecule is COC(=O)CC(C(=O)N1CC(F)(F)C[C@H]1C1=NC=C(c2cc3cc4oc(-c5cnc([C@@H]6CC(F)(F)CN6C(=O)[C@@H](NC(=O)OC)C(C)C)[nH]5)cc4cc3o2)C1)C(C)C. The van der Waals surface area contributed by atoms with E-state index >= 15 is 0 Å². The minimum atomic E-state index is -3.19. The number of aromatic amines is 1. The molecule has 14 nitrogen and oxygen atoms in total. The lowest BCUT2D eigenvalue weighted by Gasteiger charge is -2.30. The number of H-pyrrole nitrogens is 1. The summed E-state index contributed by atoms with van der Waals surface area (Å²) in [5.74, 6) is -8.74. The Bertz CT molecular complexity index is 2280. The fourth-order valence-corrected chi connectivity index (χ4v) is 7.90. The molecule has 310 valence electrons. The van der Waals surface area contributed by atoms with Crippen molar-refractivity contribution < 1.29 is 55.0 Å². The number of likely N-dealkylation sites (tertiary alicyclic amines) is 2. The lowest BCUT2D eigenvalue weighted by Crippen LogP contribution is -2.51. The van der Waals surface area contributed by atoms with Gasteiger partial charge in [0.2, 0.25) is 11.8 Å². The molecule has 0 bridgehead atoms. The number of esters is 1. The molecule has 58 heavy (non-hydrogen) atoms. The molecule has 1 unspecified atom stereocenters. The number of carbonyl (C=O) groups is 4. The summed E-state index contributed by atoms with van der Waals surface area (Å²) in [4.78, 5) is 65.1. The number of aromatic nitrogens is 2. The first kappa shape index (κ1) is 40.5. The van der Waals surface area contributed by atoms with Crippen LogP contribution in [-0.4, -0.2) is 101 Å². The molecule has 3 amide bonds. The van der Waals surface area contributed by atoms with Gasteiger partial charge in [-0.3, -0.25) is 19.4 Å². The van der Waals surface area contributed by atoms with Gasteiger partial charge in [0, 0.05) is 47.5 Å². The second-order valence-corrected chi connectivity index (χ2v) is 15.9. The number of rotatable bonds is 11. The molecule has 0 aliphatic carbocycles. The summed E-state index contributed by atoms with van der Waals surface area (Å²) in [6.45, 7) is 5.26. The molecule has 1 aromatic carbocycles. The fourth-order valence-electron chi connectivity index (χ4n) is 7.90. The number of hydrogen-bond acceptors (Lipinski definition) is 10. The van der Waals surface area contributed by atoms with Gasteiger partial charge in [-0.2, -0.15) is 0 Å². The number of furan rings is 2. The predicted molar refractivity (Wildman–Crippen MR) is 202 cm³/mol. The highest BCUT2D eigenvalue weighted by Gasteiger charge is 2.52. The topological polar surface area (TPSA) is 173 Å². The number of ether oxygens (including phenoxy) is 2. The van der Waals surface area contributed by atoms with Gasteiger partial charge in [-0.05, 0) is 36.1 Å². The molecule has 3 aliphatic heterocycles. The molecule has 3 aromatic heterocycles. The average Bonchev–Trinajstić information content (AvgIpc) is 4.02. The highest BCUT2D eigenvalue weighted by Crippen LogP contribution is 2.43. The van der Waals surface area contributed by atoms with E-state index in [9.17, 15) is 36.7 Å². The quantitative estimate of drug-likeness (QED) is 0.118. The Balaban J connectivity index is 1.07. The summed E-state index contributed by atoms with van der Waals surface area (Å²) in [7, 11) is 2.36. The molecular formula is C40H44F4N6O8. The predicted octanol–water partition coefficient (Wildman–Crippen LogP) is 7.12. The number of carbonyl (C=O) groups excluding carboxylic acids is 4. The number of amides is 3.